The zero-order chi connectivity index (χ0) is 13.2. The predicted molar refractivity (Wildman–Crippen MR) is 76.2 cm³/mol. The number of para-hydroxylation sites is 1. The molecule has 1 aromatic rings. The third-order valence-corrected chi connectivity index (χ3v) is 4.08. The van der Waals surface area contributed by atoms with Gasteiger partial charge in [0.2, 0.25) is 0 Å². The average molecular weight is 259 g/mol. The molecule has 4 heteroatoms. The largest absolute Gasteiger partial charge is 0.488 e. The summed E-state index contributed by atoms with van der Waals surface area (Å²) in [6.45, 7) is 2.90. The van der Waals surface area contributed by atoms with E-state index in [1.807, 2.05) is 18.2 Å². The van der Waals surface area contributed by atoms with E-state index in [1.165, 1.54) is 19.3 Å². The van der Waals surface area contributed by atoms with Gasteiger partial charge in [-0.2, -0.15) is 0 Å². The number of nitrogens with one attached hydrogen (secondary N) is 1. The second-order valence-electron chi connectivity index (χ2n) is 5.51. The molecule has 0 bridgehead atoms. The van der Waals surface area contributed by atoms with E-state index in [9.17, 15) is 0 Å². The lowest BCUT2D eigenvalue weighted by Crippen LogP contribution is -2.39. The Balaban J connectivity index is 1.65. The quantitative estimate of drug-likeness (QED) is 0.646. The van der Waals surface area contributed by atoms with Crippen molar-refractivity contribution in [1.82, 2.24) is 5.32 Å². The van der Waals surface area contributed by atoms with Gasteiger partial charge in [-0.25, -0.2) is 0 Å². The molecule has 2 unspecified atom stereocenters. The van der Waals surface area contributed by atoms with Gasteiger partial charge in [0, 0.05) is 12.1 Å². The van der Waals surface area contributed by atoms with Crippen LogP contribution in [-0.4, -0.2) is 18.6 Å². The average Bonchev–Trinajstić information content (AvgIpc) is 2.64. The van der Waals surface area contributed by atoms with Crippen LogP contribution in [0.3, 0.4) is 0 Å². The molecule has 0 radical (unpaired) electrons. The van der Waals surface area contributed by atoms with Crippen LogP contribution >= 0.6 is 0 Å². The fourth-order valence-corrected chi connectivity index (χ4v) is 2.67. The highest BCUT2D eigenvalue weighted by molar-refractivity contribution is 5.78. The van der Waals surface area contributed by atoms with Gasteiger partial charge in [-0.05, 0) is 31.7 Å². The molecule has 1 saturated carbocycles. The highest BCUT2D eigenvalue weighted by Crippen LogP contribution is 2.35. The van der Waals surface area contributed by atoms with Crippen molar-refractivity contribution in [2.75, 3.05) is 6.54 Å². The van der Waals surface area contributed by atoms with Crippen LogP contribution in [0.2, 0.25) is 0 Å². The van der Waals surface area contributed by atoms with Crippen molar-refractivity contribution < 1.29 is 4.74 Å². The summed E-state index contributed by atoms with van der Waals surface area (Å²) < 4.78 is 5.81. The van der Waals surface area contributed by atoms with Gasteiger partial charge in [0.05, 0.1) is 6.04 Å². The summed E-state index contributed by atoms with van der Waals surface area (Å²) in [7, 11) is 0. The number of guanidine groups is 1. The monoisotopic (exact) mass is 259 g/mol. The summed E-state index contributed by atoms with van der Waals surface area (Å²) in [6.07, 6.45) is 4.01. The van der Waals surface area contributed by atoms with Crippen LogP contribution < -0.4 is 15.8 Å². The van der Waals surface area contributed by atoms with Crippen molar-refractivity contribution >= 4 is 5.96 Å². The molecule has 3 rings (SSSR count). The van der Waals surface area contributed by atoms with Crippen LogP contribution in [0.5, 0.6) is 5.75 Å². The van der Waals surface area contributed by atoms with Crippen molar-refractivity contribution in [3.63, 3.8) is 0 Å². The molecule has 2 aliphatic rings. The summed E-state index contributed by atoms with van der Waals surface area (Å²) in [5.74, 6) is 2.22. The highest BCUT2D eigenvalue weighted by atomic mass is 16.5. The summed E-state index contributed by atoms with van der Waals surface area (Å²) in [5, 5.41) is 3.29. The van der Waals surface area contributed by atoms with E-state index < -0.39 is 0 Å². The highest BCUT2D eigenvalue weighted by Gasteiger charge is 2.31. The third kappa shape index (κ3) is 2.53. The molecule has 3 N–H and O–H groups in total. The molecule has 0 saturated heterocycles. The minimum atomic E-state index is 0.0786. The van der Waals surface area contributed by atoms with Crippen molar-refractivity contribution in [1.29, 1.82) is 0 Å². The Morgan fingerprint density at radius 3 is 2.95 bits per heavy atom. The Kier molecular flexibility index (Phi) is 3.32. The number of nitrogens with zero attached hydrogens (tertiary/aromatic N) is 1. The standard InChI is InChI=1S/C15H21N3O/c1-10-14(12-7-2-3-8-13(12)19-10)18-15(16)17-9-11-5-4-6-11/h2-3,7-8,10-11,14H,4-6,9H2,1H3,(H3,16,17,18). The molecule has 0 amide bonds. The molecule has 19 heavy (non-hydrogen) atoms. The number of fused-ring (bicyclic) bond motifs is 1. The van der Waals surface area contributed by atoms with Gasteiger partial charge in [-0.1, -0.05) is 24.6 Å². The first-order valence-corrected chi connectivity index (χ1v) is 7.06. The molecule has 1 aromatic carbocycles. The lowest BCUT2D eigenvalue weighted by Gasteiger charge is -2.24. The molecule has 102 valence electrons. The molecular weight excluding hydrogens is 238 g/mol. The van der Waals surface area contributed by atoms with Gasteiger partial charge in [0.25, 0.3) is 0 Å². The Morgan fingerprint density at radius 2 is 2.21 bits per heavy atom. The summed E-state index contributed by atoms with van der Waals surface area (Å²) in [4.78, 5) is 4.44. The van der Waals surface area contributed by atoms with Crippen molar-refractivity contribution in [3.05, 3.63) is 29.8 Å². The van der Waals surface area contributed by atoms with E-state index in [1.54, 1.807) is 0 Å². The van der Waals surface area contributed by atoms with Crippen LogP contribution in [-0.2, 0) is 0 Å². The van der Waals surface area contributed by atoms with Gasteiger partial charge >= 0.3 is 0 Å². The van der Waals surface area contributed by atoms with E-state index in [4.69, 9.17) is 10.5 Å². The molecule has 1 fully saturated rings. The van der Waals surface area contributed by atoms with Gasteiger partial charge in [-0.3, -0.25) is 4.99 Å². The number of hydrogen-bond acceptors (Lipinski definition) is 2. The number of nitrogens with two attached hydrogens (primary N) is 1. The van der Waals surface area contributed by atoms with Crippen LogP contribution in [0.4, 0.5) is 0 Å². The number of rotatable bonds is 3. The summed E-state index contributed by atoms with van der Waals surface area (Å²) >= 11 is 0. The molecular formula is C15H21N3O. The van der Waals surface area contributed by atoms with E-state index in [-0.39, 0.29) is 12.1 Å². The van der Waals surface area contributed by atoms with Gasteiger partial charge in [0.1, 0.15) is 11.9 Å². The van der Waals surface area contributed by atoms with Crippen molar-refractivity contribution in [2.24, 2.45) is 16.6 Å². The second kappa shape index (κ2) is 5.11. The number of hydrogen-bond donors (Lipinski definition) is 2. The first kappa shape index (κ1) is 12.3. The van der Waals surface area contributed by atoms with Gasteiger partial charge < -0.3 is 15.8 Å². The van der Waals surface area contributed by atoms with Crippen LogP contribution in [0, 0.1) is 5.92 Å². The second-order valence-corrected chi connectivity index (χ2v) is 5.51. The first-order chi connectivity index (χ1) is 9.24. The minimum Gasteiger partial charge on any atom is -0.488 e. The maximum Gasteiger partial charge on any atom is 0.189 e. The molecule has 1 heterocycles. The number of ether oxygens (including phenoxy) is 1. The zero-order valence-electron chi connectivity index (χ0n) is 11.3. The third-order valence-electron chi connectivity index (χ3n) is 4.08. The van der Waals surface area contributed by atoms with Gasteiger partial charge in [-0.15, -0.1) is 0 Å². The molecule has 1 aliphatic carbocycles. The topological polar surface area (TPSA) is 59.6 Å². The molecule has 2 atom stereocenters. The van der Waals surface area contributed by atoms with Crippen molar-refractivity contribution in [3.8, 4) is 5.75 Å². The Labute approximate surface area is 114 Å². The Morgan fingerprint density at radius 1 is 1.42 bits per heavy atom. The first-order valence-electron chi connectivity index (χ1n) is 7.06. The fourth-order valence-electron chi connectivity index (χ4n) is 2.67. The molecule has 0 spiro atoms. The maximum atomic E-state index is 5.98. The Hall–Kier alpha value is -1.71. The normalized spacial score (nSPS) is 26.5. The van der Waals surface area contributed by atoms with Crippen LogP contribution in [0.1, 0.15) is 37.8 Å². The lowest BCUT2D eigenvalue weighted by atomic mass is 9.86. The van der Waals surface area contributed by atoms with E-state index in [0.717, 1.165) is 23.8 Å². The number of benzene rings is 1. The van der Waals surface area contributed by atoms with Gasteiger partial charge in [0.15, 0.2) is 5.96 Å². The van der Waals surface area contributed by atoms with Crippen LogP contribution in [0.15, 0.2) is 29.3 Å². The fraction of sp³-hybridized carbons (Fsp3) is 0.533. The van der Waals surface area contributed by atoms with Crippen molar-refractivity contribution in [2.45, 2.75) is 38.3 Å². The van der Waals surface area contributed by atoms with E-state index >= 15 is 0 Å². The van der Waals surface area contributed by atoms with E-state index in [0.29, 0.717) is 5.96 Å². The SMILES string of the molecule is CC1Oc2ccccc2C1NC(N)=NCC1CCC1. The van der Waals surface area contributed by atoms with E-state index in [2.05, 4.69) is 23.3 Å². The summed E-state index contributed by atoms with van der Waals surface area (Å²) in [5.41, 5.74) is 7.15. The molecule has 4 nitrogen and oxygen atoms in total. The minimum absolute atomic E-state index is 0.0786. The Bertz CT molecular complexity index is 482. The predicted octanol–water partition coefficient (Wildman–Crippen LogP) is 2.21. The maximum absolute atomic E-state index is 5.98. The van der Waals surface area contributed by atoms with Crippen LogP contribution in [0.25, 0.3) is 0 Å². The number of aliphatic imine (C=N–C) groups is 1. The smallest absolute Gasteiger partial charge is 0.189 e. The summed E-state index contributed by atoms with van der Waals surface area (Å²) in [6, 6.07) is 8.19. The molecule has 1 aliphatic heterocycles. The molecule has 0 aromatic heterocycles. The zero-order valence-corrected chi connectivity index (χ0v) is 11.3. The lowest BCUT2D eigenvalue weighted by molar-refractivity contribution is 0.219.